The van der Waals surface area contributed by atoms with Gasteiger partial charge in [-0.3, -0.25) is 14.8 Å². The Morgan fingerprint density at radius 1 is 1.35 bits per heavy atom. The van der Waals surface area contributed by atoms with E-state index in [9.17, 15) is 13.6 Å². The molecule has 0 spiro atoms. The molecule has 0 aliphatic carbocycles. The van der Waals surface area contributed by atoms with Crippen molar-refractivity contribution in [3.8, 4) is 11.3 Å². The molecule has 0 saturated carbocycles. The first kappa shape index (κ1) is 26.3. The predicted molar refractivity (Wildman–Crippen MR) is 111 cm³/mol. The summed E-state index contributed by atoms with van der Waals surface area (Å²) in [4.78, 5) is 23.8. The second-order valence-corrected chi connectivity index (χ2v) is 6.88. The number of hydrogen-bond donors (Lipinski definition) is 3. The molecule has 0 bridgehead atoms. The van der Waals surface area contributed by atoms with Gasteiger partial charge in [0.05, 0.1) is 23.8 Å². The number of halogens is 2. The maximum atomic E-state index is 14.0. The minimum atomic E-state index is -3.10. The zero-order valence-corrected chi connectivity index (χ0v) is 19.8. The summed E-state index contributed by atoms with van der Waals surface area (Å²) in [6.07, 6.45) is 10.6. The van der Waals surface area contributed by atoms with Gasteiger partial charge in [0.25, 0.3) is 5.92 Å². The minimum Gasteiger partial charge on any atom is -0.366 e. The third-order valence-electron chi connectivity index (χ3n) is 4.34. The Morgan fingerprint density at radius 2 is 2.06 bits per heavy atom. The van der Waals surface area contributed by atoms with Crippen molar-refractivity contribution in [3.63, 3.8) is 0 Å². The number of allylic oxidation sites excluding steroid dienone is 1. The van der Waals surface area contributed by atoms with Gasteiger partial charge in [0.1, 0.15) is 18.7 Å². The Morgan fingerprint density at radius 3 is 2.68 bits per heavy atom. The number of aromatic nitrogens is 3. The van der Waals surface area contributed by atoms with Gasteiger partial charge in [0, 0.05) is 44.1 Å². The molecule has 0 fully saturated rings. The monoisotopic (exact) mass is 514 g/mol. The van der Waals surface area contributed by atoms with Crippen LogP contribution in [0, 0.1) is 13.6 Å². The Kier molecular flexibility index (Phi) is 8.52. The number of anilines is 2. The van der Waals surface area contributed by atoms with Crippen molar-refractivity contribution in [2.45, 2.75) is 32.4 Å². The number of rotatable bonds is 5. The SMILES string of the molecule is CC(=O)Nc1cc(NC2=CC=NC(C)(C(C)(F)F)N2)c(-c2c[n+](C)[c-]cn2)cn1.[CH3-].[Mo+2]. The maximum absolute atomic E-state index is 14.0. The summed E-state index contributed by atoms with van der Waals surface area (Å²) >= 11 is 0. The van der Waals surface area contributed by atoms with E-state index >= 15 is 0 Å². The summed E-state index contributed by atoms with van der Waals surface area (Å²) in [6.45, 7) is 3.48. The van der Waals surface area contributed by atoms with Crippen molar-refractivity contribution >= 4 is 23.6 Å². The van der Waals surface area contributed by atoms with Crippen LogP contribution in [-0.2, 0) is 32.9 Å². The molecular formula is C20H24F2MoN7O+. The van der Waals surface area contributed by atoms with E-state index in [0.29, 0.717) is 28.6 Å². The average molecular weight is 512 g/mol. The number of aryl methyl sites for hydroxylation is 1. The molecular weight excluding hydrogens is 488 g/mol. The quantitative estimate of drug-likeness (QED) is 0.325. The van der Waals surface area contributed by atoms with Crippen LogP contribution in [0.5, 0.6) is 0 Å². The van der Waals surface area contributed by atoms with E-state index in [-0.39, 0.29) is 34.4 Å². The first-order valence-electron chi connectivity index (χ1n) is 8.77. The molecule has 1 aliphatic heterocycles. The number of hydrogen-bond acceptors (Lipinski definition) is 6. The van der Waals surface area contributed by atoms with E-state index in [1.54, 1.807) is 36.2 Å². The van der Waals surface area contributed by atoms with E-state index in [1.165, 1.54) is 26.3 Å². The second kappa shape index (κ2) is 10.0. The van der Waals surface area contributed by atoms with Crippen molar-refractivity contribution in [3.05, 3.63) is 50.2 Å². The van der Waals surface area contributed by atoms with Gasteiger partial charge in [-0.05, 0) is 13.0 Å². The van der Waals surface area contributed by atoms with Crippen molar-refractivity contribution in [1.29, 1.82) is 0 Å². The Labute approximate surface area is 194 Å². The molecule has 11 heteroatoms. The topological polar surface area (TPSA) is 95.2 Å². The number of nitrogens with one attached hydrogen (secondary N) is 3. The van der Waals surface area contributed by atoms with Crippen LogP contribution in [0.4, 0.5) is 20.3 Å². The molecule has 2 aromatic heterocycles. The van der Waals surface area contributed by atoms with E-state index in [4.69, 9.17) is 0 Å². The number of amides is 1. The van der Waals surface area contributed by atoms with Crippen molar-refractivity contribution in [2.24, 2.45) is 12.0 Å². The first-order valence-corrected chi connectivity index (χ1v) is 8.77. The van der Waals surface area contributed by atoms with Crippen molar-refractivity contribution in [2.75, 3.05) is 10.6 Å². The Balaban J connectivity index is 0.00000240. The summed E-state index contributed by atoms with van der Waals surface area (Å²) in [6, 6.07) is 1.60. The molecule has 3 N–H and O–H groups in total. The van der Waals surface area contributed by atoms with Crippen LogP contribution in [0.25, 0.3) is 11.3 Å². The van der Waals surface area contributed by atoms with Gasteiger partial charge in [-0.15, -0.1) is 0 Å². The predicted octanol–water partition coefficient (Wildman–Crippen LogP) is 2.47. The smallest absolute Gasteiger partial charge is 0.366 e. The molecule has 3 heterocycles. The fraction of sp³-hybridized carbons (Fsp3) is 0.300. The van der Waals surface area contributed by atoms with Gasteiger partial charge in [0.15, 0.2) is 5.66 Å². The van der Waals surface area contributed by atoms with Gasteiger partial charge in [-0.1, -0.05) is 0 Å². The molecule has 2 aromatic rings. The van der Waals surface area contributed by atoms with Crippen LogP contribution in [0.1, 0.15) is 20.8 Å². The van der Waals surface area contributed by atoms with Gasteiger partial charge < -0.3 is 27.9 Å². The number of carbonyl (C=O) groups is 1. The number of carbonyl (C=O) groups excluding carboxylic acids is 1. The normalized spacial score (nSPS) is 17.4. The molecule has 1 aliphatic rings. The molecule has 8 nitrogen and oxygen atoms in total. The molecule has 164 valence electrons. The second-order valence-electron chi connectivity index (χ2n) is 6.88. The van der Waals surface area contributed by atoms with E-state index in [2.05, 4.69) is 37.1 Å². The van der Waals surface area contributed by atoms with Gasteiger partial charge >= 0.3 is 21.1 Å². The van der Waals surface area contributed by atoms with Crippen LogP contribution >= 0.6 is 0 Å². The molecule has 0 aromatic carbocycles. The summed E-state index contributed by atoms with van der Waals surface area (Å²) < 4.78 is 29.7. The van der Waals surface area contributed by atoms with Gasteiger partial charge in [-0.2, -0.15) is 0 Å². The fourth-order valence-corrected chi connectivity index (χ4v) is 2.63. The maximum Gasteiger partial charge on any atom is 2.00 e. The van der Waals surface area contributed by atoms with Gasteiger partial charge in [-0.25, -0.2) is 13.8 Å². The van der Waals surface area contributed by atoms with Crippen molar-refractivity contribution < 1.29 is 39.2 Å². The van der Waals surface area contributed by atoms with E-state index in [1.807, 2.05) is 0 Å². The zero-order valence-electron chi connectivity index (χ0n) is 17.8. The minimum absolute atomic E-state index is 0. The Bertz CT molecular complexity index is 1010. The average Bonchev–Trinajstić information content (AvgIpc) is 2.60. The summed E-state index contributed by atoms with van der Waals surface area (Å²) in [5.41, 5.74) is -0.0918. The molecule has 0 saturated heterocycles. The van der Waals surface area contributed by atoms with Crippen molar-refractivity contribution in [1.82, 2.24) is 15.3 Å². The summed E-state index contributed by atoms with van der Waals surface area (Å²) in [5.74, 6) is -2.76. The molecule has 1 atom stereocenters. The van der Waals surface area contributed by atoms with E-state index < -0.39 is 11.6 Å². The first-order chi connectivity index (χ1) is 13.6. The molecule has 3 rings (SSSR count). The van der Waals surface area contributed by atoms with Gasteiger partial charge in [0.2, 0.25) is 5.91 Å². The number of pyridine rings is 1. The zero-order chi connectivity index (χ0) is 21.2. The fourth-order valence-electron chi connectivity index (χ4n) is 2.63. The molecule has 1 amide bonds. The molecule has 31 heavy (non-hydrogen) atoms. The van der Waals surface area contributed by atoms with Crippen LogP contribution in [-0.4, -0.2) is 33.7 Å². The largest absolute Gasteiger partial charge is 2.00 e. The Hall–Kier alpha value is -2.74. The third-order valence-corrected chi connectivity index (χ3v) is 4.34. The molecule has 1 unspecified atom stereocenters. The van der Waals surface area contributed by atoms with Crippen LogP contribution in [0.2, 0.25) is 0 Å². The third kappa shape index (κ3) is 6.13. The number of alkyl halides is 2. The van der Waals surface area contributed by atoms with E-state index in [0.717, 1.165) is 6.92 Å². The number of nitrogens with zero attached hydrogens (tertiary/aromatic N) is 4. The van der Waals surface area contributed by atoms with Crippen LogP contribution in [0.3, 0.4) is 0 Å². The van der Waals surface area contributed by atoms with Crippen LogP contribution in [0.15, 0.2) is 41.5 Å². The number of aliphatic imine (C=N–C) groups is 1. The summed E-state index contributed by atoms with van der Waals surface area (Å²) in [5, 5.41) is 8.42. The standard InChI is InChI=1S/C19H21F2N7O.CH3.Mo/c1-12(29)25-17-9-14(13(10-23-17)15-11-28(4)8-7-22-15)26-16-5-6-24-19(3,27-16)18(2,20)21;;/h5-7,9-11,27H,1-4H3,(H2,23,25,26,29);1H3;/q;-1;+2. The summed E-state index contributed by atoms with van der Waals surface area (Å²) in [7, 11) is 1.80. The van der Waals surface area contributed by atoms with Crippen LogP contribution < -0.4 is 20.5 Å². The molecule has 0 radical (unpaired) electrons.